The SMILES string of the molecule is O=C(O)OC1CC(c2ccc(C(F)(F)F)cc2)CN(C(=O)N2CC(O)C2)C1. The van der Waals surface area contributed by atoms with Crippen LogP contribution in [0.15, 0.2) is 24.3 Å². The molecule has 0 bridgehead atoms. The first-order chi connectivity index (χ1) is 12.6. The summed E-state index contributed by atoms with van der Waals surface area (Å²) in [5, 5.41) is 18.2. The van der Waals surface area contributed by atoms with Crippen LogP contribution in [-0.2, 0) is 10.9 Å². The minimum atomic E-state index is -4.44. The van der Waals surface area contributed by atoms with E-state index >= 15 is 0 Å². The van der Waals surface area contributed by atoms with Crippen molar-refractivity contribution in [3.05, 3.63) is 35.4 Å². The zero-order chi connectivity index (χ0) is 19.8. The number of carbonyl (C=O) groups excluding carboxylic acids is 1. The van der Waals surface area contributed by atoms with Crippen LogP contribution < -0.4 is 0 Å². The number of alkyl halides is 3. The Balaban J connectivity index is 1.76. The number of urea groups is 1. The number of nitrogens with zero attached hydrogens (tertiary/aromatic N) is 2. The molecule has 2 atom stereocenters. The maximum absolute atomic E-state index is 12.7. The second-order valence-corrected chi connectivity index (χ2v) is 6.80. The van der Waals surface area contributed by atoms with Crippen molar-refractivity contribution in [3.8, 4) is 0 Å². The molecule has 0 aliphatic carbocycles. The fraction of sp³-hybridized carbons (Fsp3) is 0.529. The summed E-state index contributed by atoms with van der Waals surface area (Å²) in [4.78, 5) is 26.3. The molecule has 7 nitrogen and oxygen atoms in total. The van der Waals surface area contributed by atoms with E-state index in [1.165, 1.54) is 21.9 Å². The van der Waals surface area contributed by atoms with Gasteiger partial charge >= 0.3 is 18.4 Å². The molecule has 10 heteroatoms. The summed E-state index contributed by atoms with van der Waals surface area (Å²) in [5.41, 5.74) is -0.203. The summed E-state index contributed by atoms with van der Waals surface area (Å²) in [5.74, 6) is -0.361. The zero-order valence-corrected chi connectivity index (χ0v) is 14.2. The minimum Gasteiger partial charge on any atom is -0.450 e. The van der Waals surface area contributed by atoms with E-state index in [-0.39, 0.29) is 44.5 Å². The molecule has 0 aromatic heterocycles. The number of amides is 2. The molecule has 1 aromatic rings. The number of likely N-dealkylation sites (tertiary alicyclic amines) is 2. The molecule has 3 rings (SSSR count). The van der Waals surface area contributed by atoms with Crippen LogP contribution in [0, 0.1) is 0 Å². The molecule has 2 heterocycles. The molecule has 0 radical (unpaired) electrons. The quantitative estimate of drug-likeness (QED) is 0.759. The second-order valence-electron chi connectivity index (χ2n) is 6.80. The predicted molar refractivity (Wildman–Crippen MR) is 86.2 cm³/mol. The van der Waals surface area contributed by atoms with E-state index in [4.69, 9.17) is 9.84 Å². The van der Waals surface area contributed by atoms with Crippen molar-refractivity contribution in [1.82, 2.24) is 9.80 Å². The van der Waals surface area contributed by atoms with Gasteiger partial charge in [-0.15, -0.1) is 0 Å². The maximum atomic E-state index is 12.7. The van der Waals surface area contributed by atoms with E-state index in [2.05, 4.69) is 0 Å². The first kappa shape index (κ1) is 19.3. The van der Waals surface area contributed by atoms with Gasteiger partial charge in [-0.3, -0.25) is 0 Å². The third-order valence-electron chi connectivity index (χ3n) is 4.79. The number of rotatable bonds is 2. The van der Waals surface area contributed by atoms with Gasteiger partial charge in [-0.25, -0.2) is 9.59 Å². The van der Waals surface area contributed by atoms with Crippen LogP contribution in [0.4, 0.5) is 22.8 Å². The van der Waals surface area contributed by atoms with E-state index in [0.29, 0.717) is 5.56 Å². The summed E-state index contributed by atoms with van der Waals surface area (Å²) in [6.45, 7) is 0.695. The van der Waals surface area contributed by atoms with Gasteiger partial charge in [0.25, 0.3) is 0 Å². The van der Waals surface area contributed by atoms with Crippen LogP contribution in [-0.4, -0.2) is 70.6 Å². The smallest absolute Gasteiger partial charge is 0.450 e. The molecule has 27 heavy (non-hydrogen) atoms. The number of β-amino-alcohol motifs (C(OH)–C–C–N with tert-alkyl or cyclic N) is 1. The van der Waals surface area contributed by atoms with Gasteiger partial charge in [0.05, 0.1) is 31.3 Å². The summed E-state index contributed by atoms with van der Waals surface area (Å²) in [6, 6.07) is 4.26. The molecular formula is C17H19F3N2O5. The molecule has 0 spiro atoms. The Morgan fingerprint density at radius 1 is 1.04 bits per heavy atom. The van der Waals surface area contributed by atoms with Gasteiger partial charge in [0.1, 0.15) is 6.10 Å². The average Bonchev–Trinajstić information content (AvgIpc) is 2.57. The topological polar surface area (TPSA) is 90.3 Å². The third-order valence-corrected chi connectivity index (χ3v) is 4.79. The Bertz CT molecular complexity index is 704. The highest BCUT2D eigenvalue weighted by Gasteiger charge is 2.38. The number of aliphatic hydroxyl groups excluding tert-OH is 1. The Labute approximate surface area is 152 Å². The third kappa shape index (κ3) is 4.44. The molecule has 2 fully saturated rings. The fourth-order valence-corrected chi connectivity index (χ4v) is 3.43. The largest absolute Gasteiger partial charge is 0.506 e. The van der Waals surface area contributed by atoms with E-state index in [9.17, 15) is 27.9 Å². The lowest BCUT2D eigenvalue weighted by molar-refractivity contribution is -0.137. The predicted octanol–water partition coefficient (Wildman–Crippen LogP) is 2.35. The van der Waals surface area contributed by atoms with Gasteiger partial charge in [-0.2, -0.15) is 13.2 Å². The Morgan fingerprint density at radius 3 is 2.15 bits per heavy atom. The lowest BCUT2D eigenvalue weighted by Gasteiger charge is -2.43. The maximum Gasteiger partial charge on any atom is 0.506 e. The van der Waals surface area contributed by atoms with Crippen LogP contribution in [0.5, 0.6) is 0 Å². The Hall–Kier alpha value is -2.49. The molecule has 0 saturated carbocycles. The number of piperidine rings is 1. The van der Waals surface area contributed by atoms with Gasteiger partial charge in [0, 0.05) is 12.5 Å². The van der Waals surface area contributed by atoms with E-state index in [0.717, 1.165) is 12.1 Å². The zero-order valence-electron chi connectivity index (χ0n) is 14.2. The van der Waals surface area contributed by atoms with Gasteiger partial charge in [-0.05, 0) is 24.1 Å². The first-order valence-electron chi connectivity index (χ1n) is 8.42. The van der Waals surface area contributed by atoms with Gasteiger partial charge in [0.2, 0.25) is 0 Å². The molecule has 2 saturated heterocycles. The molecule has 2 N–H and O–H groups in total. The molecule has 2 amide bonds. The van der Waals surface area contributed by atoms with Gasteiger partial charge in [-0.1, -0.05) is 12.1 Å². The number of halogens is 3. The number of benzene rings is 1. The van der Waals surface area contributed by atoms with E-state index in [1.54, 1.807) is 0 Å². The van der Waals surface area contributed by atoms with Crippen molar-refractivity contribution in [2.75, 3.05) is 26.2 Å². The van der Waals surface area contributed by atoms with Crippen LogP contribution in [0.25, 0.3) is 0 Å². The highest BCUT2D eigenvalue weighted by Crippen LogP contribution is 2.33. The van der Waals surface area contributed by atoms with Crippen molar-refractivity contribution in [1.29, 1.82) is 0 Å². The van der Waals surface area contributed by atoms with E-state index in [1.807, 2.05) is 0 Å². The summed E-state index contributed by atoms with van der Waals surface area (Å²) in [7, 11) is 0. The highest BCUT2D eigenvalue weighted by molar-refractivity contribution is 5.75. The normalized spacial score (nSPS) is 23.7. The van der Waals surface area contributed by atoms with Crippen molar-refractivity contribution >= 4 is 12.2 Å². The number of hydrogen-bond acceptors (Lipinski definition) is 4. The number of aliphatic hydroxyl groups is 1. The Morgan fingerprint density at radius 2 is 1.63 bits per heavy atom. The molecular weight excluding hydrogens is 369 g/mol. The average molecular weight is 388 g/mol. The van der Waals surface area contributed by atoms with Crippen LogP contribution in [0.3, 0.4) is 0 Å². The minimum absolute atomic E-state index is 0.0643. The summed E-state index contributed by atoms with van der Waals surface area (Å²) in [6.07, 6.45) is -7.00. The van der Waals surface area contributed by atoms with Crippen LogP contribution in [0.2, 0.25) is 0 Å². The lowest BCUT2D eigenvalue weighted by Crippen LogP contribution is -2.60. The van der Waals surface area contributed by atoms with Crippen molar-refractivity contribution in [2.45, 2.75) is 30.7 Å². The summed E-state index contributed by atoms with van der Waals surface area (Å²) < 4.78 is 43.0. The molecule has 2 unspecified atom stereocenters. The van der Waals surface area contributed by atoms with Crippen molar-refractivity contribution in [3.63, 3.8) is 0 Å². The second kappa shape index (κ2) is 7.26. The Kier molecular flexibility index (Phi) is 5.18. The number of ether oxygens (including phenoxy) is 1. The molecule has 148 valence electrons. The highest BCUT2D eigenvalue weighted by atomic mass is 19.4. The van der Waals surface area contributed by atoms with Gasteiger partial charge in [0.15, 0.2) is 0 Å². The molecule has 1 aromatic carbocycles. The van der Waals surface area contributed by atoms with Crippen LogP contribution >= 0.6 is 0 Å². The first-order valence-corrected chi connectivity index (χ1v) is 8.42. The summed E-state index contributed by atoms with van der Waals surface area (Å²) >= 11 is 0. The van der Waals surface area contributed by atoms with Crippen molar-refractivity contribution in [2.24, 2.45) is 0 Å². The number of hydrogen-bond donors (Lipinski definition) is 2. The molecule has 2 aliphatic heterocycles. The molecule has 2 aliphatic rings. The van der Waals surface area contributed by atoms with Crippen molar-refractivity contribution < 1.29 is 37.7 Å². The standard InChI is InChI=1S/C17H19F3N2O5/c18-17(19,20)12-3-1-10(2-4-12)11-5-14(27-16(25)26)9-21(6-11)15(24)22-7-13(23)8-22/h1-4,11,13-14,23H,5-9H2,(H,25,26). The number of carboxylic acid groups (broad SMARTS) is 1. The van der Waals surface area contributed by atoms with E-state index < -0.39 is 30.1 Å². The van der Waals surface area contributed by atoms with Crippen LogP contribution in [0.1, 0.15) is 23.5 Å². The fourth-order valence-electron chi connectivity index (χ4n) is 3.43. The number of carbonyl (C=O) groups is 2. The monoisotopic (exact) mass is 388 g/mol. The van der Waals surface area contributed by atoms with Gasteiger partial charge < -0.3 is 24.7 Å². The lowest BCUT2D eigenvalue weighted by atomic mass is 9.88.